The predicted molar refractivity (Wildman–Crippen MR) is 72.5 cm³/mol. The Morgan fingerprint density at radius 1 is 1.37 bits per heavy atom. The Kier molecular flexibility index (Phi) is 3.94. The van der Waals surface area contributed by atoms with Crippen LogP contribution in [-0.4, -0.2) is 20.4 Å². The summed E-state index contributed by atoms with van der Waals surface area (Å²) in [6.45, 7) is 6.08. The molecule has 0 bridgehead atoms. The maximum atomic E-state index is 12.0. The molecule has 0 saturated carbocycles. The molecule has 5 nitrogen and oxygen atoms in total. The number of nitrogens with one attached hydrogen (secondary N) is 1. The molecule has 0 aliphatic heterocycles. The Morgan fingerprint density at radius 3 is 2.79 bits per heavy atom. The van der Waals surface area contributed by atoms with E-state index in [9.17, 15) is 4.79 Å². The van der Waals surface area contributed by atoms with Crippen molar-refractivity contribution in [1.29, 1.82) is 0 Å². The minimum absolute atomic E-state index is 0.0429. The van der Waals surface area contributed by atoms with Crippen LogP contribution >= 0.6 is 0 Å². The summed E-state index contributed by atoms with van der Waals surface area (Å²) in [5, 5.41) is 2.95. The number of aryl methyl sites for hydroxylation is 2. The summed E-state index contributed by atoms with van der Waals surface area (Å²) in [7, 11) is 0. The van der Waals surface area contributed by atoms with Crippen LogP contribution in [0.2, 0.25) is 0 Å². The zero-order chi connectivity index (χ0) is 13.8. The molecular formula is C14H18N4O. The highest BCUT2D eigenvalue weighted by atomic mass is 16.2. The third-order valence-corrected chi connectivity index (χ3v) is 3.08. The van der Waals surface area contributed by atoms with Gasteiger partial charge in [-0.1, -0.05) is 6.07 Å². The van der Waals surface area contributed by atoms with Gasteiger partial charge in [-0.3, -0.25) is 9.78 Å². The molecule has 100 valence electrons. The zero-order valence-corrected chi connectivity index (χ0v) is 11.4. The number of hydrogen-bond acceptors (Lipinski definition) is 3. The second-order valence-corrected chi connectivity index (χ2v) is 4.60. The van der Waals surface area contributed by atoms with Gasteiger partial charge in [-0.2, -0.15) is 0 Å². The van der Waals surface area contributed by atoms with Gasteiger partial charge >= 0.3 is 0 Å². The summed E-state index contributed by atoms with van der Waals surface area (Å²) in [6.07, 6.45) is 5.23. The van der Waals surface area contributed by atoms with Gasteiger partial charge in [0.1, 0.15) is 12.4 Å². The normalized spacial score (nSPS) is 12.2. The lowest BCUT2D eigenvalue weighted by Gasteiger charge is -2.15. The molecule has 0 aromatic carbocycles. The smallest absolute Gasteiger partial charge is 0.240 e. The molecule has 19 heavy (non-hydrogen) atoms. The lowest BCUT2D eigenvalue weighted by atomic mass is 10.1. The van der Waals surface area contributed by atoms with Crippen LogP contribution in [0, 0.1) is 13.8 Å². The minimum Gasteiger partial charge on any atom is -0.346 e. The van der Waals surface area contributed by atoms with Crippen LogP contribution in [0.15, 0.2) is 30.7 Å². The van der Waals surface area contributed by atoms with Gasteiger partial charge in [0.2, 0.25) is 5.91 Å². The lowest BCUT2D eigenvalue weighted by molar-refractivity contribution is -0.122. The molecule has 0 fully saturated rings. The first-order valence-corrected chi connectivity index (χ1v) is 6.26. The Morgan fingerprint density at radius 2 is 2.16 bits per heavy atom. The van der Waals surface area contributed by atoms with Crippen molar-refractivity contribution in [3.05, 3.63) is 47.8 Å². The molecule has 0 aliphatic rings. The molecule has 0 spiro atoms. The van der Waals surface area contributed by atoms with Gasteiger partial charge in [-0.15, -0.1) is 0 Å². The predicted octanol–water partition coefficient (Wildman–Crippen LogP) is 1.77. The number of nitrogens with zero attached hydrogens (tertiary/aromatic N) is 3. The van der Waals surface area contributed by atoms with Crippen LogP contribution in [0.25, 0.3) is 0 Å². The molecular weight excluding hydrogens is 240 g/mol. The summed E-state index contributed by atoms with van der Waals surface area (Å²) in [4.78, 5) is 20.4. The highest BCUT2D eigenvalue weighted by Crippen LogP contribution is 2.13. The Balaban J connectivity index is 2.00. The van der Waals surface area contributed by atoms with Crippen molar-refractivity contribution in [2.24, 2.45) is 0 Å². The van der Waals surface area contributed by atoms with Gasteiger partial charge in [-0.05, 0) is 32.4 Å². The van der Waals surface area contributed by atoms with E-state index in [4.69, 9.17) is 0 Å². The minimum atomic E-state index is -0.0995. The fourth-order valence-corrected chi connectivity index (χ4v) is 2.03. The van der Waals surface area contributed by atoms with Crippen LogP contribution < -0.4 is 5.32 Å². The fraction of sp³-hybridized carbons (Fsp3) is 0.357. The summed E-state index contributed by atoms with van der Waals surface area (Å²) < 4.78 is 1.81. The fourth-order valence-electron chi connectivity index (χ4n) is 2.03. The van der Waals surface area contributed by atoms with E-state index in [-0.39, 0.29) is 18.5 Å². The van der Waals surface area contributed by atoms with Gasteiger partial charge in [0.25, 0.3) is 0 Å². The second-order valence-electron chi connectivity index (χ2n) is 4.60. The van der Waals surface area contributed by atoms with Gasteiger partial charge in [0.05, 0.1) is 11.7 Å². The summed E-state index contributed by atoms with van der Waals surface area (Å²) in [5.74, 6) is 0.787. The molecule has 0 aliphatic carbocycles. The SMILES string of the molecule is Cc1cccnc1C(C)NC(=O)Cn1ccnc1C. The molecule has 0 radical (unpaired) electrons. The van der Waals surface area contributed by atoms with E-state index in [1.807, 2.05) is 37.5 Å². The zero-order valence-electron chi connectivity index (χ0n) is 11.4. The highest BCUT2D eigenvalue weighted by molar-refractivity contribution is 5.76. The first-order chi connectivity index (χ1) is 9.08. The number of hydrogen-bond donors (Lipinski definition) is 1. The van der Waals surface area contributed by atoms with E-state index in [0.29, 0.717) is 0 Å². The number of amides is 1. The molecule has 1 atom stereocenters. The molecule has 2 heterocycles. The first-order valence-electron chi connectivity index (χ1n) is 6.26. The van der Waals surface area contributed by atoms with Crippen molar-refractivity contribution in [1.82, 2.24) is 19.9 Å². The van der Waals surface area contributed by atoms with Crippen molar-refractivity contribution in [3.63, 3.8) is 0 Å². The van der Waals surface area contributed by atoms with Crippen molar-refractivity contribution < 1.29 is 4.79 Å². The van der Waals surface area contributed by atoms with Crippen LogP contribution in [0.4, 0.5) is 0 Å². The maximum absolute atomic E-state index is 12.0. The van der Waals surface area contributed by atoms with Gasteiger partial charge in [0, 0.05) is 18.6 Å². The number of rotatable bonds is 4. The molecule has 1 N–H and O–H groups in total. The molecule has 0 saturated heterocycles. The average Bonchev–Trinajstić information content (AvgIpc) is 2.75. The summed E-state index contributed by atoms with van der Waals surface area (Å²) in [5.41, 5.74) is 1.98. The topological polar surface area (TPSA) is 59.8 Å². The van der Waals surface area contributed by atoms with Gasteiger partial charge in [-0.25, -0.2) is 4.98 Å². The second kappa shape index (κ2) is 5.65. The van der Waals surface area contributed by atoms with Gasteiger partial charge in [0.15, 0.2) is 0 Å². The van der Waals surface area contributed by atoms with Crippen molar-refractivity contribution >= 4 is 5.91 Å². The van der Waals surface area contributed by atoms with E-state index in [0.717, 1.165) is 17.1 Å². The molecule has 1 amide bonds. The van der Waals surface area contributed by atoms with Gasteiger partial charge < -0.3 is 9.88 Å². The number of aromatic nitrogens is 3. The quantitative estimate of drug-likeness (QED) is 0.909. The van der Waals surface area contributed by atoms with E-state index < -0.39 is 0 Å². The molecule has 2 aromatic rings. The van der Waals surface area contributed by atoms with Crippen LogP contribution in [-0.2, 0) is 11.3 Å². The molecule has 2 aromatic heterocycles. The Labute approximate surface area is 112 Å². The number of carbonyl (C=O) groups is 1. The molecule has 5 heteroatoms. The van der Waals surface area contributed by atoms with Crippen LogP contribution in [0.5, 0.6) is 0 Å². The average molecular weight is 258 g/mol. The van der Waals surface area contributed by atoms with E-state index >= 15 is 0 Å². The van der Waals surface area contributed by atoms with Crippen molar-refractivity contribution in [2.75, 3.05) is 0 Å². The Hall–Kier alpha value is -2.17. The maximum Gasteiger partial charge on any atom is 0.240 e. The van der Waals surface area contributed by atoms with E-state index in [1.54, 1.807) is 18.6 Å². The van der Waals surface area contributed by atoms with E-state index in [1.165, 1.54) is 0 Å². The third-order valence-electron chi connectivity index (χ3n) is 3.08. The molecule has 2 rings (SSSR count). The van der Waals surface area contributed by atoms with Crippen molar-refractivity contribution in [3.8, 4) is 0 Å². The number of pyridine rings is 1. The summed E-state index contributed by atoms with van der Waals surface area (Å²) >= 11 is 0. The third kappa shape index (κ3) is 3.19. The first kappa shape index (κ1) is 13.3. The van der Waals surface area contributed by atoms with Crippen molar-refractivity contribution in [2.45, 2.75) is 33.4 Å². The van der Waals surface area contributed by atoms with Crippen LogP contribution in [0.3, 0.4) is 0 Å². The van der Waals surface area contributed by atoms with Crippen LogP contribution in [0.1, 0.15) is 30.0 Å². The highest BCUT2D eigenvalue weighted by Gasteiger charge is 2.13. The standard InChI is InChI=1S/C14H18N4O/c1-10-5-4-6-16-14(10)11(2)17-13(19)9-18-8-7-15-12(18)3/h4-8,11H,9H2,1-3H3,(H,17,19). The number of carbonyl (C=O) groups excluding carboxylic acids is 1. The monoisotopic (exact) mass is 258 g/mol. The summed E-state index contributed by atoms with van der Waals surface area (Å²) in [6, 6.07) is 3.78. The van der Waals surface area contributed by atoms with E-state index in [2.05, 4.69) is 15.3 Å². The largest absolute Gasteiger partial charge is 0.346 e. The lowest BCUT2D eigenvalue weighted by Crippen LogP contribution is -2.31. The Bertz CT molecular complexity index is 576. The number of imidazole rings is 1. The molecule has 1 unspecified atom stereocenters.